The standard InChI is InChI=1S/C15H26N2O3/c1-4-9-16(12-15(19)20-5-2)11-14(18)17-10-7-6-8-13(17)3/h4,13H,1,5-12H2,2-3H3. The molecule has 20 heavy (non-hydrogen) atoms. The van der Waals surface area contributed by atoms with Gasteiger partial charge in [-0.05, 0) is 33.1 Å². The van der Waals surface area contributed by atoms with Crippen LogP contribution in [0.15, 0.2) is 12.7 Å². The topological polar surface area (TPSA) is 49.9 Å². The first-order valence-electron chi connectivity index (χ1n) is 7.36. The van der Waals surface area contributed by atoms with Crippen molar-refractivity contribution >= 4 is 11.9 Å². The molecule has 5 heteroatoms. The van der Waals surface area contributed by atoms with E-state index in [1.54, 1.807) is 17.9 Å². The van der Waals surface area contributed by atoms with Gasteiger partial charge in [0.2, 0.25) is 5.91 Å². The molecule has 0 aliphatic carbocycles. The minimum absolute atomic E-state index is 0.0864. The van der Waals surface area contributed by atoms with Crippen LogP contribution in [0.4, 0.5) is 0 Å². The Morgan fingerprint density at radius 2 is 2.15 bits per heavy atom. The van der Waals surface area contributed by atoms with E-state index in [-0.39, 0.29) is 25.0 Å². The molecule has 0 spiro atoms. The predicted octanol–water partition coefficient (Wildman–Crippen LogP) is 1.44. The third kappa shape index (κ3) is 5.33. The van der Waals surface area contributed by atoms with E-state index < -0.39 is 0 Å². The van der Waals surface area contributed by atoms with E-state index in [0.29, 0.717) is 19.2 Å². The molecule has 1 amide bonds. The van der Waals surface area contributed by atoms with Crippen molar-refractivity contribution in [2.45, 2.75) is 39.2 Å². The number of esters is 1. The summed E-state index contributed by atoms with van der Waals surface area (Å²) in [4.78, 5) is 27.6. The average Bonchev–Trinajstić information content (AvgIpc) is 2.39. The zero-order valence-corrected chi connectivity index (χ0v) is 12.6. The lowest BCUT2D eigenvalue weighted by Gasteiger charge is -2.34. The fraction of sp³-hybridized carbons (Fsp3) is 0.733. The van der Waals surface area contributed by atoms with Crippen molar-refractivity contribution in [1.82, 2.24) is 9.80 Å². The summed E-state index contributed by atoms with van der Waals surface area (Å²) in [6.07, 6.45) is 5.01. The average molecular weight is 282 g/mol. The van der Waals surface area contributed by atoms with E-state index >= 15 is 0 Å². The molecule has 1 aliphatic heterocycles. The van der Waals surface area contributed by atoms with E-state index in [1.807, 2.05) is 4.90 Å². The molecule has 1 fully saturated rings. The third-order valence-electron chi connectivity index (χ3n) is 3.53. The van der Waals surface area contributed by atoms with Crippen LogP contribution >= 0.6 is 0 Å². The van der Waals surface area contributed by atoms with Crippen molar-refractivity contribution in [2.24, 2.45) is 0 Å². The number of carbonyl (C=O) groups excluding carboxylic acids is 2. The van der Waals surface area contributed by atoms with Gasteiger partial charge in [0.1, 0.15) is 0 Å². The molecule has 1 saturated heterocycles. The molecule has 0 aromatic heterocycles. The molecule has 0 saturated carbocycles. The first kappa shape index (κ1) is 16.7. The van der Waals surface area contributed by atoms with Crippen molar-refractivity contribution in [3.63, 3.8) is 0 Å². The summed E-state index contributed by atoms with van der Waals surface area (Å²) >= 11 is 0. The summed E-state index contributed by atoms with van der Waals surface area (Å²) in [5.41, 5.74) is 0. The molecule has 0 radical (unpaired) electrons. The minimum atomic E-state index is -0.297. The Hall–Kier alpha value is -1.36. The summed E-state index contributed by atoms with van der Waals surface area (Å²) in [6, 6.07) is 0.296. The molecule has 0 aromatic rings. The Morgan fingerprint density at radius 3 is 2.75 bits per heavy atom. The summed E-state index contributed by atoms with van der Waals surface area (Å²) in [7, 11) is 0. The first-order chi connectivity index (χ1) is 9.58. The van der Waals surface area contributed by atoms with Gasteiger partial charge in [0.25, 0.3) is 0 Å². The van der Waals surface area contributed by atoms with Gasteiger partial charge < -0.3 is 9.64 Å². The van der Waals surface area contributed by atoms with Gasteiger partial charge in [-0.3, -0.25) is 14.5 Å². The zero-order chi connectivity index (χ0) is 15.0. The van der Waals surface area contributed by atoms with Gasteiger partial charge >= 0.3 is 5.97 Å². The summed E-state index contributed by atoms with van der Waals surface area (Å²) in [5, 5.41) is 0. The van der Waals surface area contributed by atoms with E-state index in [4.69, 9.17) is 4.74 Å². The fourth-order valence-electron chi connectivity index (χ4n) is 2.51. The van der Waals surface area contributed by atoms with Crippen LogP contribution in [0.3, 0.4) is 0 Å². The summed E-state index contributed by atoms with van der Waals surface area (Å²) in [6.45, 7) is 9.59. The largest absolute Gasteiger partial charge is 0.465 e. The Balaban J connectivity index is 2.52. The Kier molecular flexibility index (Phi) is 7.30. The van der Waals surface area contributed by atoms with Gasteiger partial charge in [0.05, 0.1) is 19.7 Å². The zero-order valence-electron chi connectivity index (χ0n) is 12.6. The van der Waals surface area contributed by atoms with Crippen molar-refractivity contribution in [3.05, 3.63) is 12.7 Å². The third-order valence-corrected chi connectivity index (χ3v) is 3.53. The number of amides is 1. The van der Waals surface area contributed by atoms with E-state index in [9.17, 15) is 9.59 Å². The maximum Gasteiger partial charge on any atom is 0.320 e. The lowest BCUT2D eigenvalue weighted by molar-refractivity contribution is -0.145. The van der Waals surface area contributed by atoms with Crippen molar-refractivity contribution in [1.29, 1.82) is 0 Å². The molecule has 1 heterocycles. The van der Waals surface area contributed by atoms with Gasteiger partial charge in [0, 0.05) is 19.1 Å². The van der Waals surface area contributed by atoms with Crippen LogP contribution in [0.25, 0.3) is 0 Å². The molecular formula is C15H26N2O3. The molecular weight excluding hydrogens is 256 g/mol. The first-order valence-corrected chi connectivity index (χ1v) is 7.36. The van der Waals surface area contributed by atoms with Gasteiger partial charge in [0.15, 0.2) is 0 Å². The highest BCUT2D eigenvalue weighted by Crippen LogP contribution is 2.16. The molecule has 114 valence electrons. The van der Waals surface area contributed by atoms with E-state index in [0.717, 1.165) is 19.4 Å². The number of rotatable bonds is 7. The second-order valence-corrected chi connectivity index (χ2v) is 5.20. The van der Waals surface area contributed by atoms with Crippen molar-refractivity contribution in [3.8, 4) is 0 Å². The van der Waals surface area contributed by atoms with Crippen LogP contribution < -0.4 is 0 Å². The van der Waals surface area contributed by atoms with Crippen LogP contribution in [0, 0.1) is 0 Å². The van der Waals surface area contributed by atoms with Crippen LogP contribution in [-0.4, -0.2) is 60.5 Å². The van der Waals surface area contributed by atoms with Gasteiger partial charge in [-0.15, -0.1) is 6.58 Å². The van der Waals surface area contributed by atoms with E-state index in [1.165, 1.54) is 6.42 Å². The Bertz CT molecular complexity index is 344. The number of nitrogens with zero attached hydrogens (tertiary/aromatic N) is 2. The molecule has 1 unspecified atom stereocenters. The van der Waals surface area contributed by atoms with Crippen molar-refractivity contribution in [2.75, 3.05) is 32.8 Å². The quantitative estimate of drug-likeness (QED) is 0.524. The van der Waals surface area contributed by atoms with Crippen LogP contribution in [0.5, 0.6) is 0 Å². The predicted molar refractivity (Wildman–Crippen MR) is 78.3 cm³/mol. The summed E-state index contributed by atoms with van der Waals surface area (Å²) < 4.78 is 4.93. The van der Waals surface area contributed by atoms with Crippen LogP contribution in [0.1, 0.15) is 33.1 Å². The molecule has 0 aromatic carbocycles. The maximum absolute atomic E-state index is 12.3. The monoisotopic (exact) mass is 282 g/mol. The second kappa shape index (κ2) is 8.74. The molecule has 0 N–H and O–H groups in total. The Labute approximate surface area is 121 Å². The smallest absolute Gasteiger partial charge is 0.320 e. The van der Waals surface area contributed by atoms with Crippen molar-refractivity contribution < 1.29 is 14.3 Å². The van der Waals surface area contributed by atoms with E-state index in [2.05, 4.69) is 13.5 Å². The number of carbonyl (C=O) groups is 2. The number of hydrogen-bond acceptors (Lipinski definition) is 4. The molecule has 1 atom stereocenters. The van der Waals surface area contributed by atoms with Crippen LogP contribution in [-0.2, 0) is 14.3 Å². The molecule has 1 rings (SSSR count). The number of piperidine rings is 1. The molecule has 1 aliphatic rings. The lowest BCUT2D eigenvalue weighted by atomic mass is 10.0. The van der Waals surface area contributed by atoms with Gasteiger partial charge in [-0.2, -0.15) is 0 Å². The highest BCUT2D eigenvalue weighted by molar-refractivity contribution is 5.80. The molecule has 0 bridgehead atoms. The lowest BCUT2D eigenvalue weighted by Crippen LogP contribution is -2.47. The van der Waals surface area contributed by atoms with Gasteiger partial charge in [-0.25, -0.2) is 0 Å². The normalized spacial score (nSPS) is 18.9. The molecule has 5 nitrogen and oxygen atoms in total. The summed E-state index contributed by atoms with van der Waals surface area (Å²) in [5.74, 6) is -0.211. The Morgan fingerprint density at radius 1 is 1.40 bits per heavy atom. The maximum atomic E-state index is 12.3. The highest BCUT2D eigenvalue weighted by atomic mass is 16.5. The SMILES string of the molecule is C=CCN(CC(=O)OCC)CC(=O)N1CCCCC1C. The van der Waals surface area contributed by atoms with Gasteiger partial charge in [-0.1, -0.05) is 6.08 Å². The van der Waals surface area contributed by atoms with Crippen LogP contribution in [0.2, 0.25) is 0 Å². The fourth-order valence-corrected chi connectivity index (χ4v) is 2.51. The minimum Gasteiger partial charge on any atom is -0.465 e. The number of ether oxygens (including phenoxy) is 1. The second-order valence-electron chi connectivity index (χ2n) is 5.20. The highest BCUT2D eigenvalue weighted by Gasteiger charge is 2.25. The number of hydrogen-bond donors (Lipinski definition) is 0. The number of likely N-dealkylation sites (tertiary alicyclic amines) is 1.